The summed E-state index contributed by atoms with van der Waals surface area (Å²) in [5.41, 5.74) is 0. The Bertz CT molecular complexity index is 307. The third kappa shape index (κ3) is 16.1. The van der Waals surface area contributed by atoms with Crippen LogP contribution in [0.4, 0.5) is 0 Å². The van der Waals surface area contributed by atoms with Crippen LogP contribution in [0.3, 0.4) is 0 Å². The molecular formula is C18H33BrO4. The maximum absolute atomic E-state index is 11.2. The van der Waals surface area contributed by atoms with Gasteiger partial charge in [0, 0.05) is 0 Å². The molecule has 1 N–H and O–H groups in total. The molecule has 1 atom stereocenters. The minimum absolute atomic E-state index is 0.101. The Morgan fingerprint density at radius 3 is 1.83 bits per heavy atom. The highest BCUT2D eigenvalue weighted by Crippen LogP contribution is 2.15. The first kappa shape index (κ1) is 22.4. The number of ether oxygens (including phenoxy) is 1. The van der Waals surface area contributed by atoms with Crippen molar-refractivity contribution in [2.45, 2.75) is 96.5 Å². The molecule has 0 aliphatic rings. The van der Waals surface area contributed by atoms with Gasteiger partial charge in [0.25, 0.3) is 0 Å². The predicted octanol–water partition coefficient (Wildman–Crippen LogP) is 5.47. The van der Waals surface area contributed by atoms with Crippen molar-refractivity contribution in [3.63, 3.8) is 0 Å². The van der Waals surface area contributed by atoms with Gasteiger partial charge in [0.05, 0.1) is 6.42 Å². The molecule has 136 valence electrons. The largest absolute Gasteiger partial charge is 0.481 e. The van der Waals surface area contributed by atoms with E-state index in [1.807, 2.05) is 0 Å². The van der Waals surface area contributed by atoms with Crippen molar-refractivity contribution >= 4 is 27.9 Å². The Morgan fingerprint density at radius 2 is 1.39 bits per heavy atom. The first-order valence-electron chi connectivity index (χ1n) is 9.07. The summed E-state index contributed by atoms with van der Waals surface area (Å²) in [6.07, 6.45) is 13.8. The lowest BCUT2D eigenvalue weighted by molar-refractivity contribution is -0.150. The zero-order valence-electron chi connectivity index (χ0n) is 14.5. The van der Waals surface area contributed by atoms with E-state index in [2.05, 4.69) is 22.9 Å². The second-order valence-electron chi connectivity index (χ2n) is 6.17. The van der Waals surface area contributed by atoms with Gasteiger partial charge in [-0.15, -0.1) is 0 Å². The normalized spacial score (nSPS) is 12.1. The van der Waals surface area contributed by atoms with Crippen molar-refractivity contribution in [1.82, 2.24) is 0 Å². The first-order chi connectivity index (χ1) is 11.1. The maximum atomic E-state index is 11.2. The van der Waals surface area contributed by atoms with Crippen LogP contribution in [0.15, 0.2) is 0 Å². The summed E-state index contributed by atoms with van der Waals surface area (Å²) in [6.45, 7) is 2.24. The minimum Gasteiger partial charge on any atom is -0.481 e. The number of alkyl halides is 1. The molecule has 1 unspecified atom stereocenters. The second-order valence-corrected chi connectivity index (χ2v) is 6.73. The summed E-state index contributed by atoms with van der Waals surface area (Å²) >= 11 is 3.02. The molecule has 0 aliphatic heterocycles. The molecular weight excluding hydrogens is 360 g/mol. The van der Waals surface area contributed by atoms with Gasteiger partial charge in [-0.25, -0.2) is 0 Å². The van der Waals surface area contributed by atoms with E-state index in [0.717, 1.165) is 12.8 Å². The summed E-state index contributed by atoms with van der Waals surface area (Å²) in [6, 6.07) is 0. The molecule has 23 heavy (non-hydrogen) atoms. The van der Waals surface area contributed by atoms with Crippen molar-refractivity contribution in [2.24, 2.45) is 0 Å². The van der Waals surface area contributed by atoms with Crippen LogP contribution in [0.1, 0.15) is 90.4 Å². The SMILES string of the molecule is CCCCCCCCCCCCCC(CC(=O)O)OC(=O)CBr. The molecule has 0 saturated heterocycles. The zero-order valence-corrected chi connectivity index (χ0v) is 16.1. The number of carboxylic acids is 1. The molecule has 0 bridgehead atoms. The number of carbonyl (C=O) groups is 2. The van der Waals surface area contributed by atoms with E-state index >= 15 is 0 Å². The zero-order chi connectivity index (χ0) is 17.3. The van der Waals surface area contributed by atoms with E-state index in [-0.39, 0.29) is 17.7 Å². The van der Waals surface area contributed by atoms with Gasteiger partial charge in [-0.1, -0.05) is 87.1 Å². The molecule has 0 aromatic rings. The van der Waals surface area contributed by atoms with Crippen LogP contribution in [0, 0.1) is 0 Å². The predicted molar refractivity (Wildman–Crippen MR) is 97.0 cm³/mol. The minimum atomic E-state index is -0.916. The molecule has 0 aromatic heterocycles. The molecule has 5 heteroatoms. The van der Waals surface area contributed by atoms with Crippen molar-refractivity contribution < 1.29 is 19.4 Å². The van der Waals surface area contributed by atoms with Gasteiger partial charge in [-0.05, 0) is 12.8 Å². The Hall–Kier alpha value is -0.580. The average molecular weight is 393 g/mol. The number of unbranched alkanes of at least 4 members (excludes halogenated alkanes) is 10. The van der Waals surface area contributed by atoms with E-state index in [1.54, 1.807) is 0 Å². The van der Waals surface area contributed by atoms with Gasteiger partial charge in [-0.2, -0.15) is 0 Å². The van der Waals surface area contributed by atoms with E-state index in [1.165, 1.54) is 57.8 Å². The molecule has 0 aliphatic carbocycles. The molecule has 0 radical (unpaired) electrons. The highest BCUT2D eigenvalue weighted by Gasteiger charge is 2.17. The lowest BCUT2D eigenvalue weighted by atomic mass is 10.0. The molecule has 4 nitrogen and oxygen atoms in total. The lowest BCUT2D eigenvalue weighted by Gasteiger charge is -2.15. The molecule has 0 aromatic carbocycles. The van der Waals surface area contributed by atoms with Gasteiger partial charge in [-0.3, -0.25) is 9.59 Å². The van der Waals surface area contributed by atoms with Crippen LogP contribution in [-0.4, -0.2) is 28.5 Å². The number of hydrogen-bond acceptors (Lipinski definition) is 3. The second kappa shape index (κ2) is 16.3. The number of rotatable bonds is 16. The van der Waals surface area contributed by atoms with Crippen LogP contribution >= 0.6 is 15.9 Å². The fourth-order valence-corrected chi connectivity index (χ4v) is 2.78. The highest BCUT2D eigenvalue weighted by atomic mass is 79.9. The summed E-state index contributed by atoms with van der Waals surface area (Å²) in [5.74, 6) is -1.31. The number of esters is 1. The number of carbonyl (C=O) groups excluding carboxylic acids is 1. The third-order valence-corrected chi connectivity index (χ3v) is 4.40. The summed E-state index contributed by atoms with van der Waals surface area (Å²) < 4.78 is 5.14. The number of hydrogen-bond donors (Lipinski definition) is 1. The average Bonchev–Trinajstić information content (AvgIpc) is 2.51. The van der Waals surface area contributed by atoms with Crippen LogP contribution in [0.25, 0.3) is 0 Å². The number of carboxylic acid groups (broad SMARTS) is 1. The van der Waals surface area contributed by atoms with Crippen molar-refractivity contribution in [3.05, 3.63) is 0 Å². The van der Waals surface area contributed by atoms with Gasteiger partial charge in [0.15, 0.2) is 0 Å². The smallest absolute Gasteiger partial charge is 0.316 e. The molecule has 0 amide bonds. The van der Waals surface area contributed by atoms with E-state index in [0.29, 0.717) is 6.42 Å². The van der Waals surface area contributed by atoms with Crippen LogP contribution in [0.2, 0.25) is 0 Å². The first-order valence-corrected chi connectivity index (χ1v) is 10.2. The Morgan fingerprint density at radius 1 is 0.913 bits per heavy atom. The maximum Gasteiger partial charge on any atom is 0.316 e. The molecule has 0 spiro atoms. The highest BCUT2D eigenvalue weighted by molar-refractivity contribution is 9.09. The standard InChI is InChI=1S/C18H33BrO4/c1-2-3-4-5-6-7-8-9-10-11-12-13-16(14-17(20)21)23-18(22)15-19/h16H,2-15H2,1H3,(H,20,21). The molecule has 0 fully saturated rings. The molecule has 0 heterocycles. The van der Waals surface area contributed by atoms with Crippen molar-refractivity contribution in [3.8, 4) is 0 Å². The quantitative estimate of drug-likeness (QED) is 0.215. The van der Waals surface area contributed by atoms with Gasteiger partial charge >= 0.3 is 11.9 Å². The van der Waals surface area contributed by atoms with E-state index in [9.17, 15) is 9.59 Å². The summed E-state index contributed by atoms with van der Waals surface area (Å²) in [7, 11) is 0. The van der Waals surface area contributed by atoms with Gasteiger partial charge < -0.3 is 9.84 Å². The Balaban J connectivity index is 3.54. The van der Waals surface area contributed by atoms with Gasteiger partial charge in [0.1, 0.15) is 11.4 Å². The molecule has 0 saturated carbocycles. The summed E-state index contributed by atoms with van der Waals surface area (Å²) in [4.78, 5) is 22.0. The third-order valence-electron chi connectivity index (χ3n) is 3.94. The van der Waals surface area contributed by atoms with Crippen LogP contribution in [0.5, 0.6) is 0 Å². The van der Waals surface area contributed by atoms with Crippen molar-refractivity contribution in [2.75, 3.05) is 5.33 Å². The summed E-state index contributed by atoms with van der Waals surface area (Å²) in [5, 5.41) is 8.96. The Kier molecular flexibility index (Phi) is 15.9. The number of halogens is 1. The topological polar surface area (TPSA) is 63.6 Å². The van der Waals surface area contributed by atoms with Crippen LogP contribution < -0.4 is 0 Å². The van der Waals surface area contributed by atoms with Gasteiger partial charge in [0.2, 0.25) is 0 Å². The van der Waals surface area contributed by atoms with E-state index in [4.69, 9.17) is 9.84 Å². The monoisotopic (exact) mass is 392 g/mol. The van der Waals surface area contributed by atoms with Crippen molar-refractivity contribution in [1.29, 1.82) is 0 Å². The lowest BCUT2D eigenvalue weighted by Crippen LogP contribution is -2.22. The number of aliphatic carboxylic acids is 1. The fourth-order valence-electron chi connectivity index (χ4n) is 2.65. The fraction of sp³-hybridized carbons (Fsp3) is 0.889. The van der Waals surface area contributed by atoms with Crippen LogP contribution in [-0.2, 0) is 14.3 Å². The van der Waals surface area contributed by atoms with E-state index < -0.39 is 12.1 Å². The Labute approximate surface area is 149 Å². The molecule has 0 rings (SSSR count).